The molecule has 1 aliphatic rings. The van der Waals surface area contributed by atoms with Gasteiger partial charge in [-0.2, -0.15) is 0 Å². The number of hydrogen-bond acceptors (Lipinski definition) is 4. The normalized spacial score (nSPS) is 14.6. The lowest BCUT2D eigenvalue weighted by Gasteiger charge is -2.12. The Labute approximate surface area is 94.4 Å². The van der Waals surface area contributed by atoms with Crippen LogP contribution in [-0.4, -0.2) is 30.0 Å². The zero-order valence-corrected chi connectivity index (χ0v) is 9.11. The molecule has 1 heterocycles. The highest BCUT2D eigenvalue weighted by Crippen LogP contribution is 2.40. The molecule has 0 aromatic heterocycles. The van der Waals surface area contributed by atoms with Gasteiger partial charge in [-0.05, 0) is 24.5 Å². The van der Waals surface area contributed by atoms with Gasteiger partial charge in [-0.15, -0.1) is 0 Å². The van der Waals surface area contributed by atoms with E-state index < -0.39 is 0 Å². The highest BCUT2D eigenvalue weighted by Gasteiger charge is 2.17. The van der Waals surface area contributed by atoms with Crippen molar-refractivity contribution in [2.24, 2.45) is 0 Å². The second-order valence-corrected chi connectivity index (χ2v) is 3.78. The Kier molecular flexibility index (Phi) is 3.51. The van der Waals surface area contributed by atoms with Crippen molar-refractivity contribution in [3.63, 3.8) is 0 Å². The van der Waals surface area contributed by atoms with Gasteiger partial charge in [0.1, 0.15) is 0 Å². The van der Waals surface area contributed by atoms with E-state index in [4.69, 9.17) is 14.6 Å². The highest BCUT2D eigenvalue weighted by molar-refractivity contribution is 5.55. The molecule has 0 amide bonds. The second-order valence-electron chi connectivity index (χ2n) is 3.78. The molecule has 0 aliphatic carbocycles. The maximum absolute atomic E-state index is 10.00. The number of phenols is 1. The molecule has 16 heavy (non-hydrogen) atoms. The second kappa shape index (κ2) is 5.07. The van der Waals surface area contributed by atoms with E-state index in [1.807, 2.05) is 12.1 Å². The van der Waals surface area contributed by atoms with Crippen LogP contribution in [0.3, 0.4) is 0 Å². The summed E-state index contributed by atoms with van der Waals surface area (Å²) < 4.78 is 10.9. The summed E-state index contributed by atoms with van der Waals surface area (Å²) >= 11 is 0. The van der Waals surface area contributed by atoms with Gasteiger partial charge >= 0.3 is 0 Å². The summed E-state index contributed by atoms with van der Waals surface area (Å²) in [7, 11) is 0. The zero-order valence-electron chi connectivity index (χ0n) is 9.11. The molecule has 0 saturated carbocycles. The number of phenolic OH excluding ortho intramolecular Hbond substituents is 1. The zero-order chi connectivity index (χ0) is 11.4. The SMILES string of the molecule is OCCCc1ccc2c(c1O)OCCCO2. The Morgan fingerprint density at radius 2 is 2.00 bits per heavy atom. The summed E-state index contributed by atoms with van der Waals surface area (Å²) in [6, 6.07) is 3.63. The number of hydrogen-bond donors (Lipinski definition) is 2. The van der Waals surface area contributed by atoms with Crippen molar-refractivity contribution in [2.45, 2.75) is 19.3 Å². The number of rotatable bonds is 3. The van der Waals surface area contributed by atoms with Crippen molar-refractivity contribution >= 4 is 0 Å². The molecule has 0 saturated heterocycles. The first-order valence-electron chi connectivity index (χ1n) is 5.54. The summed E-state index contributed by atoms with van der Waals surface area (Å²) in [6.45, 7) is 1.29. The Morgan fingerprint density at radius 3 is 2.81 bits per heavy atom. The molecule has 2 rings (SSSR count). The third-order valence-electron chi connectivity index (χ3n) is 2.58. The molecule has 88 valence electrons. The fourth-order valence-corrected chi connectivity index (χ4v) is 1.73. The van der Waals surface area contributed by atoms with Crippen LogP contribution in [0, 0.1) is 0 Å². The van der Waals surface area contributed by atoms with E-state index in [0.717, 1.165) is 12.0 Å². The van der Waals surface area contributed by atoms with Crippen LogP contribution in [0.2, 0.25) is 0 Å². The summed E-state index contributed by atoms with van der Waals surface area (Å²) in [6.07, 6.45) is 2.09. The number of aryl methyl sites for hydroxylation is 1. The summed E-state index contributed by atoms with van der Waals surface area (Å²) in [4.78, 5) is 0. The highest BCUT2D eigenvalue weighted by atomic mass is 16.5. The van der Waals surface area contributed by atoms with Crippen molar-refractivity contribution < 1.29 is 19.7 Å². The first-order chi connectivity index (χ1) is 7.83. The quantitative estimate of drug-likeness (QED) is 0.816. The van der Waals surface area contributed by atoms with E-state index in [1.165, 1.54) is 0 Å². The van der Waals surface area contributed by atoms with Crippen LogP contribution in [0.25, 0.3) is 0 Å². The van der Waals surface area contributed by atoms with Gasteiger partial charge in [0, 0.05) is 13.0 Å². The monoisotopic (exact) mass is 224 g/mol. The number of aliphatic hydroxyl groups excluding tert-OH is 1. The van der Waals surface area contributed by atoms with Crippen molar-refractivity contribution in [3.8, 4) is 17.2 Å². The molecule has 0 bridgehead atoms. The summed E-state index contributed by atoms with van der Waals surface area (Å²) in [5.74, 6) is 1.18. The third-order valence-corrected chi connectivity index (χ3v) is 2.58. The molecule has 1 aromatic carbocycles. The molecule has 0 radical (unpaired) electrons. The first-order valence-corrected chi connectivity index (χ1v) is 5.54. The Balaban J connectivity index is 2.26. The lowest BCUT2D eigenvalue weighted by molar-refractivity contribution is 0.285. The molecule has 1 aromatic rings. The van der Waals surface area contributed by atoms with Gasteiger partial charge in [-0.25, -0.2) is 0 Å². The molecular formula is C12H16O4. The number of ether oxygens (including phenoxy) is 2. The van der Waals surface area contributed by atoms with Crippen molar-refractivity contribution in [2.75, 3.05) is 19.8 Å². The lowest BCUT2D eigenvalue weighted by Crippen LogP contribution is -1.97. The first kappa shape index (κ1) is 11.1. The fourth-order valence-electron chi connectivity index (χ4n) is 1.73. The third kappa shape index (κ3) is 2.22. The van der Waals surface area contributed by atoms with Crippen LogP contribution in [0.5, 0.6) is 17.2 Å². The lowest BCUT2D eigenvalue weighted by atomic mass is 10.1. The average molecular weight is 224 g/mol. The minimum Gasteiger partial charge on any atom is -0.504 e. The van der Waals surface area contributed by atoms with Crippen molar-refractivity contribution in [3.05, 3.63) is 17.7 Å². The number of fused-ring (bicyclic) bond motifs is 1. The number of benzene rings is 1. The number of aliphatic hydroxyl groups is 1. The van der Waals surface area contributed by atoms with E-state index in [0.29, 0.717) is 37.6 Å². The minimum atomic E-state index is 0.119. The Morgan fingerprint density at radius 1 is 1.19 bits per heavy atom. The van der Waals surface area contributed by atoms with Crippen molar-refractivity contribution in [1.29, 1.82) is 0 Å². The van der Waals surface area contributed by atoms with Gasteiger partial charge in [-0.3, -0.25) is 0 Å². The number of aromatic hydroxyl groups is 1. The van der Waals surface area contributed by atoms with Gasteiger partial charge in [0.2, 0.25) is 5.75 Å². The van der Waals surface area contributed by atoms with Crippen LogP contribution in [0.15, 0.2) is 12.1 Å². The predicted molar refractivity (Wildman–Crippen MR) is 59.1 cm³/mol. The molecule has 0 unspecified atom stereocenters. The molecule has 4 nitrogen and oxygen atoms in total. The van der Waals surface area contributed by atoms with Crippen LogP contribution in [-0.2, 0) is 6.42 Å². The topological polar surface area (TPSA) is 58.9 Å². The maximum Gasteiger partial charge on any atom is 0.203 e. The molecule has 0 spiro atoms. The van der Waals surface area contributed by atoms with E-state index in [1.54, 1.807) is 0 Å². The Hall–Kier alpha value is -1.42. The average Bonchev–Trinajstić information content (AvgIpc) is 2.54. The molecule has 0 fully saturated rings. The molecular weight excluding hydrogens is 208 g/mol. The largest absolute Gasteiger partial charge is 0.504 e. The van der Waals surface area contributed by atoms with Gasteiger partial charge in [0.05, 0.1) is 13.2 Å². The van der Waals surface area contributed by atoms with Gasteiger partial charge in [0.15, 0.2) is 11.5 Å². The van der Waals surface area contributed by atoms with E-state index in [9.17, 15) is 5.11 Å². The van der Waals surface area contributed by atoms with E-state index in [2.05, 4.69) is 0 Å². The molecule has 2 N–H and O–H groups in total. The molecule has 4 heteroatoms. The van der Waals surface area contributed by atoms with Gasteiger partial charge < -0.3 is 19.7 Å². The standard InChI is InChI=1S/C12H16O4/c13-6-1-3-9-4-5-10-12(11(9)14)16-8-2-7-15-10/h4-5,13-14H,1-3,6-8H2. The predicted octanol–water partition coefficient (Wildman–Crippen LogP) is 1.48. The van der Waals surface area contributed by atoms with Crippen LogP contribution < -0.4 is 9.47 Å². The summed E-state index contributed by atoms with van der Waals surface area (Å²) in [5, 5.41) is 18.8. The van der Waals surface area contributed by atoms with Crippen LogP contribution >= 0.6 is 0 Å². The van der Waals surface area contributed by atoms with Crippen LogP contribution in [0.1, 0.15) is 18.4 Å². The Bertz CT molecular complexity index is 362. The smallest absolute Gasteiger partial charge is 0.203 e. The van der Waals surface area contributed by atoms with E-state index in [-0.39, 0.29) is 12.4 Å². The van der Waals surface area contributed by atoms with Gasteiger partial charge in [-0.1, -0.05) is 6.07 Å². The molecule has 0 atom stereocenters. The maximum atomic E-state index is 10.00. The fraction of sp³-hybridized carbons (Fsp3) is 0.500. The van der Waals surface area contributed by atoms with Crippen molar-refractivity contribution in [1.82, 2.24) is 0 Å². The minimum absolute atomic E-state index is 0.119. The van der Waals surface area contributed by atoms with E-state index >= 15 is 0 Å². The summed E-state index contributed by atoms with van der Waals surface area (Å²) in [5.41, 5.74) is 0.790. The van der Waals surface area contributed by atoms with Gasteiger partial charge in [0.25, 0.3) is 0 Å². The van der Waals surface area contributed by atoms with Crippen LogP contribution in [0.4, 0.5) is 0 Å². The molecule has 1 aliphatic heterocycles.